The van der Waals surface area contributed by atoms with Crippen molar-refractivity contribution >= 4 is 17.4 Å². The van der Waals surface area contributed by atoms with Gasteiger partial charge in [-0.05, 0) is 25.1 Å². The molecule has 0 amide bonds. The first kappa shape index (κ1) is 13.5. The van der Waals surface area contributed by atoms with E-state index in [2.05, 4.69) is 10.2 Å². The summed E-state index contributed by atoms with van der Waals surface area (Å²) >= 11 is 5.81. The Morgan fingerprint density at radius 2 is 2.11 bits per heavy atom. The van der Waals surface area contributed by atoms with Crippen LogP contribution in [0, 0.1) is 5.82 Å². The molecule has 1 aromatic carbocycles. The number of halogens is 2. The van der Waals surface area contributed by atoms with Crippen molar-refractivity contribution in [3.05, 3.63) is 34.6 Å². The van der Waals surface area contributed by atoms with Gasteiger partial charge >= 0.3 is 0 Å². The van der Waals surface area contributed by atoms with Crippen LogP contribution in [-0.2, 0) is 0 Å². The Balaban J connectivity index is 2.16. The Morgan fingerprint density at radius 3 is 2.78 bits per heavy atom. The lowest BCUT2D eigenvalue weighted by atomic mass is 10.0. The van der Waals surface area contributed by atoms with Crippen LogP contribution in [-0.4, -0.2) is 42.9 Å². The van der Waals surface area contributed by atoms with Crippen molar-refractivity contribution in [3.63, 3.8) is 0 Å². The highest BCUT2D eigenvalue weighted by Gasteiger charge is 2.25. The predicted octanol–water partition coefficient (Wildman–Crippen LogP) is 1.96. The molecule has 0 aromatic heterocycles. The SMILES string of the molecule is CC(C(=O)c1cc(Cl)ccc1F)N1CCNCC1. The molecule has 1 saturated heterocycles. The van der Waals surface area contributed by atoms with Crippen molar-refractivity contribution in [2.75, 3.05) is 26.2 Å². The third kappa shape index (κ3) is 2.88. The minimum atomic E-state index is -0.508. The van der Waals surface area contributed by atoms with Crippen LogP contribution in [0.25, 0.3) is 0 Å². The van der Waals surface area contributed by atoms with Crippen LogP contribution in [0.1, 0.15) is 17.3 Å². The van der Waals surface area contributed by atoms with Gasteiger partial charge in [-0.25, -0.2) is 4.39 Å². The molecule has 1 heterocycles. The zero-order valence-electron chi connectivity index (χ0n) is 10.2. The van der Waals surface area contributed by atoms with Crippen LogP contribution in [0.5, 0.6) is 0 Å². The van der Waals surface area contributed by atoms with Crippen molar-refractivity contribution < 1.29 is 9.18 Å². The van der Waals surface area contributed by atoms with Crippen LogP contribution in [0.3, 0.4) is 0 Å². The second-order valence-electron chi connectivity index (χ2n) is 4.45. The molecule has 0 spiro atoms. The summed E-state index contributed by atoms with van der Waals surface area (Å²) in [7, 11) is 0. The molecule has 1 fully saturated rings. The quantitative estimate of drug-likeness (QED) is 0.852. The Bertz CT molecular complexity index is 447. The number of piperazine rings is 1. The van der Waals surface area contributed by atoms with Gasteiger partial charge in [0.25, 0.3) is 0 Å². The summed E-state index contributed by atoms with van der Waals surface area (Å²) < 4.78 is 13.6. The van der Waals surface area contributed by atoms with Crippen molar-refractivity contribution in [1.29, 1.82) is 0 Å². The van der Waals surface area contributed by atoms with E-state index in [1.54, 1.807) is 0 Å². The van der Waals surface area contributed by atoms with Gasteiger partial charge in [-0.15, -0.1) is 0 Å². The molecule has 0 aliphatic carbocycles. The molecule has 1 N–H and O–H groups in total. The predicted molar refractivity (Wildman–Crippen MR) is 69.6 cm³/mol. The second-order valence-corrected chi connectivity index (χ2v) is 4.89. The maximum atomic E-state index is 13.6. The van der Waals surface area contributed by atoms with Gasteiger partial charge in [0.1, 0.15) is 5.82 Å². The molecule has 0 saturated carbocycles. The minimum absolute atomic E-state index is 0.0773. The van der Waals surface area contributed by atoms with Crippen molar-refractivity contribution in [2.45, 2.75) is 13.0 Å². The standard InChI is InChI=1S/C13H16ClFN2O/c1-9(17-6-4-16-5-7-17)13(18)11-8-10(14)2-3-12(11)15/h2-3,8-9,16H,4-7H2,1H3. The summed E-state index contributed by atoms with van der Waals surface area (Å²) in [5.41, 5.74) is 0.0773. The van der Waals surface area contributed by atoms with Gasteiger partial charge in [0, 0.05) is 31.2 Å². The fourth-order valence-corrected chi connectivity index (χ4v) is 2.32. The average Bonchev–Trinajstić information content (AvgIpc) is 2.41. The van der Waals surface area contributed by atoms with Gasteiger partial charge in [0.2, 0.25) is 0 Å². The lowest BCUT2D eigenvalue weighted by molar-refractivity contribution is 0.0816. The highest BCUT2D eigenvalue weighted by molar-refractivity contribution is 6.31. The van der Waals surface area contributed by atoms with Gasteiger partial charge in [0.05, 0.1) is 11.6 Å². The molecule has 1 aromatic rings. The van der Waals surface area contributed by atoms with Gasteiger partial charge in [0.15, 0.2) is 5.78 Å². The van der Waals surface area contributed by atoms with Crippen LogP contribution >= 0.6 is 11.6 Å². The van der Waals surface area contributed by atoms with E-state index >= 15 is 0 Å². The monoisotopic (exact) mass is 270 g/mol. The number of carbonyl (C=O) groups is 1. The zero-order chi connectivity index (χ0) is 13.1. The molecule has 5 heteroatoms. The Hall–Kier alpha value is -0.970. The summed E-state index contributed by atoms with van der Waals surface area (Å²) in [6, 6.07) is 3.77. The summed E-state index contributed by atoms with van der Waals surface area (Å²) in [5, 5.41) is 3.60. The van der Waals surface area contributed by atoms with Crippen LogP contribution in [0.4, 0.5) is 4.39 Å². The highest BCUT2D eigenvalue weighted by atomic mass is 35.5. The van der Waals surface area contributed by atoms with Crippen LogP contribution in [0.2, 0.25) is 5.02 Å². The average molecular weight is 271 g/mol. The number of nitrogens with zero attached hydrogens (tertiary/aromatic N) is 1. The molecule has 1 aliphatic rings. The maximum Gasteiger partial charge on any atom is 0.182 e. The fraction of sp³-hybridized carbons (Fsp3) is 0.462. The Morgan fingerprint density at radius 1 is 1.44 bits per heavy atom. The number of benzene rings is 1. The molecular weight excluding hydrogens is 255 g/mol. The van der Waals surface area contributed by atoms with Gasteiger partial charge < -0.3 is 5.32 Å². The summed E-state index contributed by atoms with van der Waals surface area (Å²) in [6.07, 6.45) is 0. The number of nitrogens with one attached hydrogen (secondary N) is 1. The van der Waals surface area contributed by atoms with E-state index in [1.807, 2.05) is 6.92 Å². The first-order valence-corrected chi connectivity index (χ1v) is 6.41. The first-order chi connectivity index (χ1) is 8.59. The summed E-state index contributed by atoms with van der Waals surface area (Å²) in [6.45, 7) is 5.13. The van der Waals surface area contributed by atoms with Crippen LogP contribution in [0.15, 0.2) is 18.2 Å². The highest BCUT2D eigenvalue weighted by Crippen LogP contribution is 2.18. The maximum absolute atomic E-state index is 13.6. The van der Waals surface area contributed by atoms with E-state index in [-0.39, 0.29) is 17.4 Å². The van der Waals surface area contributed by atoms with Gasteiger partial charge in [-0.1, -0.05) is 11.6 Å². The van der Waals surface area contributed by atoms with Crippen LogP contribution < -0.4 is 5.32 Å². The molecule has 2 rings (SSSR count). The smallest absolute Gasteiger partial charge is 0.182 e. The molecule has 18 heavy (non-hydrogen) atoms. The number of Topliss-reactive ketones (excluding diaryl/α,β-unsaturated/α-hetero) is 1. The van der Waals surface area contributed by atoms with E-state index in [9.17, 15) is 9.18 Å². The number of hydrogen-bond donors (Lipinski definition) is 1. The molecule has 3 nitrogen and oxygen atoms in total. The molecular formula is C13H16ClFN2O. The number of hydrogen-bond acceptors (Lipinski definition) is 3. The molecule has 1 aliphatic heterocycles. The molecule has 1 atom stereocenters. The number of ketones is 1. The third-order valence-electron chi connectivity index (χ3n) is 3.27. The van der Waals surface area contributed by atoms with Gasteiger partial charge in [-0.2, -0.15) is 0 Å². The Labute approximate surface area is 111 Å². The Kier molecular flexibility index (Phi) is 4.32. The molecule has 0 radical (unpaired) electrons. The largest absolute Gasteiger partial charge is 0.314 e. The number of carbonyl (C=O) groups excluding carboxylic acids is 1. The zero-order valence-corrected chi connectivity index (χ0v) is 11.0. The van der Waals surface area contributed by atoms with Crippen molar-refractivity contribution in [2.24, 2.45) is 0 Å². The summed E-state index contributed by atoms with van der Waals surface area (Å²) in [4.78, 5) is 14.3. The molecule has 0 bridgehead atoms. The van der Waals surface area contributed by atoms with Crippen molar-refractivity contribution in [1.82, 2.24) is 10.2 Å². The second kappa shape index (κ2) is 5.78. The third-order valence-corrected chi connectivity index (χ3v) is 3.51. The van der Waals surface area contributed by atoms with E-state index in [4.69, 9.17) is 11.6 Å². The topological polar surface area (TPSA) is 32.3 Å². The minimum Gasteiger partial charge on any atom is -0.314 e. The lowest BCUT2D eigenvalue weighted by Crippen LogP contribution is -2.50. The first-order valence-electron chi connectivity index (χ1n) is 6.03. The van der Waals surface area contributed by atoms with E-state index < -0.39 is 5.82 Å². The molecule has 1 unspecified atom stereocenters. The van der Waals surface area contributed by atoms with Crippen molar-refractivity contribution in [3.8, 4) is 0 Å². The molecule has 98 valence electrons. The van der Waals surface area contributed by atoms with Gasteiger partial charge in [-0.3, -0.25) is 9.69 Å². The van der Waals surface area contributed by atoms with E-state index in [0.29, 0.717) is 5.02 Å². The normalized spacial score (nSPS) is 18.6. The van der Waals surface area contributed by atoms with E-state index in [0.717, 1.165) is 26.2 Å². The van der Waals surface area contributed by atoms with E-state index in [1.165, 1.54) is 18.2 Å². The lowest BCUT2D eigenvalue weighted by Gasteiger charge is -2.31. The fourth-order valence-electron chi connectivity index (χ4n) is 2.15. The number of rotatable bonds is 3. The summed E-state index contributed by atoms with van der Waals surface area (Å²) in [5.74, 6) is -0.719.